The molecule has 0 aromatic heterocycles. The number of hydrogen-bond donors (Lipinski definition) is 1. The summed E-state index contributed by atoms with van der Waals surface area (Å²) in [4.78, 5) is 10.4. The molecule has 0 unspecified atom stereocenters. The van der Waals surface area contributed by atoms with Crippen molar-refractivity contribution in [2.75, 3.05) is 0 Å². The van der Waals surface area contributed by atoms with Gasteiger partial charge in [-0.15, -0.1) is 0 Å². The zero-order valence-corrected chi connectivity index (χ0v) is 8.56. The number of halogens is 1. The van der Waals surface area contributed by atoms with Crippen molar-refractivity contribution in [1.29, 1.82) is 0 Å². The van der Waals surface area contributed by atoms with Gasteiger partial charge in [0.1, 0.15) is 0 Å². The zero-order chi connectivity index (χ0) is 10.6. The highest BCUT2D eigenvalue weighted by atomic mass is 35.5. The van der Waals surface area contributed by atoms with Crippen LogP contribution >= 0.6 is 11.6 Å². The van der Waals surface area contributed by atoms with E-state index < -0.39 is 5.91 Å². The van der Waals surface area contributed by atoms with Crippen molar-refractivity contribution in [2.45, 2.75) is 13.3 Å². The highest BCUT2D eigenvalue weighted by Crippen LogP contribution is 2.13. The van der Waals surface area contributed by atoms with Crippen molar-refractivity contribution < 1.29 is 4.79 Å². The summed E-state index contributed by atoms with van der Waals surface area (Å²) in [5.41, 5.74) is 6.79. The molecule has 1 aromatic carbocycles. The average molecular weight is 208 g/mol. The van der Waals surface area contributed by atoms with Crippen molar-refractivity contribution in [3.8, 4) is 11.8 Å². The minimum atomic E-state index is -0.420. The number of carbonyl (C=O) groups excluding carboxylic acids is 1. The Kier molecular flexibility index (Phi) is 3.55. The maximum atomic E-state index is 10.4. The Morgan fingerprint density at radius 2 is 2.21 bits per heavy atom. The summed E-state index contributed by atoms with van der Waals surface area (Å²) in [6.07, 6.45) is 0.0750. The Labute approximate surface area is 88.1 Å². The highest BCUT2D eigenvalue weighted by molar-refractivity contribution is 6.30. The normalized spacial score (nSPS) is 9.00. The van der Waals surface area contributed by atoms with E-state index in [0.717, 1.165) is 11.1 Å². The van der Waals surface area contributed by atoms with E-state index in [1.54, 1.807) is 6.07 Å². The fourth-order valence-corrected chi connectivity index (χ4v) is 1.33. The van der Waals surface area contributed by atoms with E-state index in [0.29, 0.717) is 5.02 Å². The summed E-state index contributed by atoms with van der Waals surface area (Å²) >= 11 is 5.83. The summed E-state index contributed by atoms with van der Waals surface area (Å²) in [5.74, 6) is 5.07. The predicted octanol–water partition coefficient (Wildman–Crippen LogP) is 1.88. The third kappa shape index (κ3) is 3.51. The summed E-state index contributed by atoms with van der Waals surface area (Å²) in [6.45, 7) is 1.94. The van der Waals surface area contributed by atoms with Crippen LogP contribution in [0.2, 0.25) is 5.02 Å². The van der Waals surface area contributed by atoms with Gasteiger partial charge in [0.05, 0.1) is 6.42 Å². The van der Waals surface area contributed by atoms with Gasteiger partial charge in [-0.25, -0.2) is 0 Å². The molecule has 14 heavy (non-hydrogen) atoms. The number of nitrogens with two attached hydrogens (primary N) is 1. The van der Waals surface area contributed by atoms with E-state index in [4.69, 9.17) is 17.3 Å². The van der Waals surface area contributed by atoms with Crippen LogP contribution in [-0.2, 0) is 4.79 Å². The van der Waals surface area contributed by atoms with Gasteiger partial charge in [-0.3, -0.25) is 4.79 Å². The second-order valence-electron chi connectivity index (χ2n) is 2.96. The Hall–Kier alpha value is -1.46. The van der Waals surface area contributed by atoms with Crippen LogP contribution in [-0.4, -0.2) is 5.91 Å². The molecule has 72 valence electrons. The predicted molar refractivity (Wildman–Crippen MR) is 56.9 cm³/mol. The first kappa shape index (κ1) is 10.6. The Balaban J connectivity index is 2.84. The third-order valence-corrected chi connectivity index (χ3v) is 1.76. The third-order valence-electron chi connectivity index (χ3n) is 1.54. The largest absolute Gasteiger partial charge is 0.369 e. The molecule has 0 aliphatic heterocycles. The average Bonchev–Trinajstić information content (AvgIpc) is 2.01. The number of carbonyl (C=O) groups is 1. The monoisotopic (exact) mass is 207 g/mol. The van der Waals surface area contributed by atoms with Crippen molar-refractivity contribution >= 4 is 17.5 Å². The summed E-state index contributed by atoms with van der Waals surface area (Å²) in [7, 11) is 0. The summed E-state index contributed by atoms with van der Waals surface area (Å²) < 4.78 is 0. The number of amides is 1. The van der Waals surface area contributed by atoms with Crippen LogP contribution in [0.3, 0.4) is 0 Å². The molecule has 2 nitrogen and oxygen atoms in total. The second-order valence-corrected chi connectivity index (χ2v) is 3.40. The molecule has 0 aliphatic carbocycles. The standard InChI is InChI=1S/C11H10ClNO/c1-8-5-9(7-10(12)6-8)3-2-4-11(13)14/h5-7H,4H2,1H3,(H2,13,14). The minimum Gasteiger partial charge on any atom is -0.369 e. The fourth-order valence-electron chi connectivity index (χ4n) is 1.04. The van der Waals surface area contributed by atoms with Gasteiger partial charge in [-0.05, 0) is 30.7 Å². The van der Waals surface area contributed by atoms with Gasteiger partial charge >= 0.3 is 0 Å². The zero-order valence-electron chi connectivity index (χ0n) is 7.80. The first-order valence-electron chi connectivity index (χ1n) is 4.12. The maximum Gasteiger partial charge on any atom is 0.229 e. The van der Waals surface area contributed by atoms with E-state index in [2.05, 4.69) is 11.8 Å². The van der Waals surface area contributed by atoms with Gasteiger partial charge in [-0.1, -0.05) is 23.4 Å². The Morgan fingerprint density at radius 1 is 1.50 bits per heavy atom. The number of hydrogen-bond acceptors (Lipinski definition) is 1. The smallest absolute Gasteiger partial charge is 0.229 e. The number of benzene rings is 1. The molecule has 1 amide bonds. The van der Waals surface area contributed by atoms with Gasteiger partial charge in [0.15, 0.2) is 0 Å². The van der Waals surface area contributed by atoms with Crippen LogP contribution < -0.4 is 5.73 Å². The lowest BCUT2D eigenvalue weighted by Crippen LogP contribution is -2.08. The van der Waals surface area contributed by atoms with Gasteiger partial charge in [0, 0.05) is 10.6 Å². The van der Waals surface area contributed by atoms with Crippen molar-refractivity contribution in [2.24, 2.45) is 5.73 Å². The summed E-state index contributed by atoms with van der Waals surface area (Å²) in [6, 6.07) is 5.50. The quantitative estimate of drug-likeness (QED) is 0.702. The first-order chi connectivity index (χ1) is 6.58. The van der Waals surface area contributed by atoms with Gasteiger partial charge in [-0.2, -0.15) is 0 Å². The van der Waals surface area contributed by atoms with Crippen LogP contribution in [0.4, 0.5) is 0 Å². The van der Waals surface area contributed by atoms with E-state index in [-0.39, 0.29) is 6.42 Å². The van der Waals surface area contributed by atoms with Crippen LogP contribution in [0.5, 0.6) is 0 Å². The second kappa shape index (κ2) is 4.69. The van der Waals surface area contributed by atoms with E-state index >= 15 is 0 Å². The van der Waals surface area contributed by atoms with Gasteiger partial charge < -0.3 is 5.73 Å². The molecule has 0 radical (unpaired) electrons. The van der Waals surface area contributed by atoms with Crippen LogP contribution in [0.1, 0.15) is 17.5 Å². The van der Waals surface area contributed by atoms with E-state index in [1.807, 2.05) is 19.1 Å². The molecule has 0 heterocycles. The molecule has 0 fully saturated rings. The molecular formula is C11H10ClNO. The Morgan fingerprint density at radius 3 is 2.79 bits per heavy atom. The van der Waals surface area contributed by atoms with E-state index in [9.17, 15) is 4.79 Å². The highest BCUT2D eigenvalue weighted by Gasteiger charge is 1.93. The molecule has 0 spiro atoms. The van der Waals surface area contributed by atoms with Crippen LogP contribution in [0.15, 0.2) is 18.2 Å². The van der Waals surface area contributed by atoms with E-state index in [1.165, 1.54) is 0 Å². The Bertz CT molecular complexity index is 395. The molecule has 0 atom stereocenters. The maximum absolute atomic E-state index is 10.4. The lowest BCUT2D eigenvalue weighted by molar-refractivity contribution is -0.117. The number of primary amides is 1. The molecule has 0 saturated heterocycles. The lowest BCUT2D eigenvalue weighted by atomic mass is 10.1. The first-order valence-corrected chi connectivity index (χ1v) is 4.50. The molecule has 2 N–H and O–H groups in total. The van der Waals surface area contributed by atoms with Crippen molar-refractivity contribution in [3.05, 3.63) is 34.3 Å². The summed E-state index contributed by atoms with van der Waals surface area (Å²) in [5, 5.41) is 0.647. The van der Waals surface area contributed by atoms with Crippen LogP contribution in [0, 0.1) is 18.8 Å². The van der Waals surface area contributed by atoms with Crippen molar-refractivity contribution in [1.82, 2.24) is 0 Å². The molecule has 1 aromatic rings. The SMILES string of the molecule is Cc1cc(Cl)cc(C#CCC(N)=O)c1. The topological polar surface area (TPSA) is 43.1 Å². The fraction of sp³-hybridized carbons (Fsp3) is 0.182. The molecule has 0 saturated carbocycles. The minimum absolute atomic E-state index is 0.0750. The van der Waals surface area contributed by atoms with Crippen molar-refractivity contribution in [3.63, 3.8) is 0 Å². The van der Waals surface area contributed by atoms with Gasteiger partial charge in [0.25, 0.3) is 0 Å². The van der Waals surface area contributed by atoms with Crippen LogP contribution in [0.25, 0.3) is 0 Å². The van der Waals surface area contributed by atoms with Gasteiger partial charge in [0.2, 0.25) is 5.91 Å². The molecular weight excluding hydrogens is 198 g/mol. The molecule has 3 heteroatoms. The number of aryl methyl sites for hydroxylation is 1. The number of rotatable bonds is 1. The molecule has 1 rings (SSSR count). The molecule has 0 bridgehead atoms. The lowest BCUT2D eigenvalue weighted by Gasteiger charge is -1.95. The molecule has 0 aliphatic rings.